The van der Waals surface area contributed by atoms with Crippen molar-refractivity contribution in [2.75, 3.05) is 6.54 Å². The van der Waals surface area contributed by atoms with Gasteiger partial charge in [-0.2, -0.15) is 0 Å². The Morgan fingerprint density at radius 3 is 2.77 bits per heavy atom. The second-order valence-electron chi connectivity index (χ2n) is 8.36. The van der Waals surface area contributed by atoms with Gasteiger partial charge in [0.25, 0.3) is 0 Å². The smallest absolute Gasteiger partial charge is 0.246 e. The molecule has 0 spiro atoms. The van der Waals surface area contributed by atoms with Gasteiger partial charge in [-0.25, -0.2) is 0 Å². The summed E-state index contributed by atoms with van der Waals surface area (Å²) in [6.07, 6.45) is 3.25. The van der Waals surface area contributed by atoms with E-state index in [-0.39, 0.29) is 29.9 Å². The van der Waals surface area contributed by atoms with Gasteiger partial charge in [-0.15, -0.1) is 0 Å². The molecule has 1 aromatic heterocycles. The molecule has 3 atom stereocenters. The van der Waals surface area contributed by atoms with Crippen molar-refractivity contribution in [1.82, 2.24) is 14.8 Å². The van der Waals surface area contributed by atoms with Crippen LogP contribution in [0.2, 0.25) is 0 Å². The van der Waals surface area contributed by atoms with Crippen LogP contribution in [0.25, 0.3) is 10.9 Å². The molecular weight excluding hydrogens is 326 g/mol. The number of nitrogens with one attached hydrogen (secondary N) is 1. The number of para-hydroxylation sites is 1. The molecule has 5 nitrogen and oxygen atoms in total. The van der Waals surface area contributed by atoms with Gasteiger partial charge in [0, 0.05) is 29.6 Å². The molecule has 0 saturated carbocycles. The van der Waals surface area contributed by atoms with Gasteiger partial charge in [-0.05, 0) is 36.8 Å². The Bertz CT molecular complexity index is 900. The first-order valence-electron chi connectivity index (χ1n) is 9.78. The largest absolute Gasteiger partial charge is 0.356 e. The molecule has 5 rings (SSSR count). The molecule has 26 heavy (non-hydrogen) atoms. The molecule has 4 heterocycles. The van der Waals surface area contributed by atoms with Gasteiger partial charge in [0.2, 0.25) is 11.8 Å². The molecule has 3 aliphatic heterocycles. The SMILES string of the molecule is CC(C)C[C@H]1c2[nH]c3ccccc3c2C[C@@H]2C(=O)N3CCC[C@@H]3C(=O)N21. The highest BCUT2D eigenvalue weighted by Crippen LogP contribution is 2.43. The Labute approximate surface area is 153 Å². The van der Waals surface area contributed by atoms with Gasteiger partial charge in [0.15, 0.2) is 0 Å². The van der Waals surface area contributed by atoms with E-state index in [2.05, 4.69) is 31.0 Å². The van der Waals surface area contributed by atoms with Gasteiger partial charge in [-0.1, -0.05) is 32.0 Å². The number of H-pyrrole nitrogens is 1. The van der Waals surface area contributed by atoms with Gasteiger partial charge in [0.05, 0.1) is 6.04 Å². The average molecular weight is 351 g/mol. The zero-order chi connectivity index (χ0) is 18.0. The normalized spacial score (nSPS) is 27.9. The molecule has 136 valence electrons. The van der Waals surface area contributed by atoms with Crippen molar-refractivity contribution in [2.24, 2.45) is 5.92 Å². The summed E-state index contributed by atoms with van der Waals surface area (Å²) in [6, 6.07) is 7.68. The number of fused-ring (bicyclic) bond motifs is 5. The monoisotopic (exact) mass is 351 g/mol. The van der Waals surface area contributed by atoms with E-state index < -0.39 is 0 Å². The summed E-state index contributed by atoms with van der Waals surface area (Å²) in [6.45, 7) is 5.10. The maximum atomic E-state index is 13.3. The number of aromatic amines is 1. The first kappa shape index (κ1) is 15.9. The lowest BCUT2D eigenvalue weighted by Crippen LogP contribution is -2.65. The molecule has 2 amide bonds. The van der Waals surface area contributed by atoms with Gasteiger partial charge < -0.3 is 14.8 Å². The standard InChI is InChI=1S/C21H25N3O2/c1-12(2)10-17-19-14(13-6-3-4-7-15(13)22-19)11-18-20(25)23-9-5-8-16(23)21(26)24(17)18/h3-4,6-7,12,16-18,22H,5,8-11H2,1-2H3/t16-,17+,18-/m1/s1. The third kappa shape index (κ3) is 2.09. The first-order valence-corrected chi connectivity index (χ1v) is 9.78. The minimum atomic E-state index is -0.340. The molecule has 5 heteroatoms. The van der Waals surface area contributed by atoms with Gasteiger partial charge in [-0.3, -0.25) is 9.59 Å². The summed E-state index contributed by atoms with van der Waals surface area (Å²) in [5, 5.41) is 1.19. The zero-order valence-corrected chi connectivity index (χ0v) is 15.4. The summed E-state index contributed by atoms with van der Waals surface area (Å²) in [5.41, 5.74) is 3.47. The Kier molecular flexibility index (Phi) is 3.43. The van der Waals surface area contributed by atoms with Crippen molar-refractivity contribution in [1.29, 1.82) is 0 Å². The van der Waals surface area contributed by atoms with Crippen LogP contribution < -0.4 is 0 Å². The fraction of sp³-hybridized carbons (Fsp3) is 0.524. The highest BCUT2D eigenvalue weighted by atomic mass is 16.2. The fourth-order valence-electron chi connectivity index (χ4n) is 5.22. The van der Waals surface area contributed by atoms with E-state index in [0.29, 0.717) is 12.3 Å². The first-order chi connectivity index (χ1) is 12.6. The van der Waals surface area contributed by atoms with Crippen LogP contribution in [0, 0.1) is 5.92 Å². The van der Waals surface area contributed by atoms with E-state index >= 15 is 0 Å². The van der Waals surface area contributed by atoms with Crippen LogP contribution in [0.1, 0.15) is 50.4 Å². The second kappa shape index (κ2) is 5.60. The van der Waals surface area contributed by atoms with Crippen molar-refractivity contribution >= 4 is 22.7 Å². The lowest BCUT2D eigenvalue weighted by atomic mass is 9.85. The minimum Gasteiger partial charge on any atom is -0.356 e. The van der Waals surface area contributed by atoms with Gasteiger partial charge >= 0.3 is 0 Å². The summed E-state index contributed by atoms with van der Waals surface area (Å²) in [7, 11) is 0. The number of piperazine rings is 1. The maximum absolute atomic E-state index is 13.3. The highest BCUT2D eigenvalue weighted by Gasteiger charge is 2.52. The minimum absolute atomic E-state index is 0.0321. The van der Waals surface area contributed by atoms with E-state index in [0.717, 1.165) is 37.0 Å². The number of carbonyl (C=O) groups excluding carboxylic acids is 2. The van der Waals surface area contributed by atoms with Crippen LogP contribution in [-0.4, -0.2) is 45.2 Å². The average Bonchev–Trinajstić information content (AvgIpc) is 3.24. The molecule has 2 aromatic rings. The molecule has 1 aromatic carbocycles. The Hall–Kier alpha value is -2.30. The number of amides is 2. The number of hydrogen-bond donors (Lipinski definition) is 1. The second-order valence-corrected chi connectivity index (χ2v) is 8.36. The Morgan fingerprint density at radius 1 is 1.15 bits per heavy atom. The zero-order valence-electron chi connectivity index (χ0n) is 15.4. The third-order valence-electron chi connectivity index (χ3n) is 6.30. The maximum Gasteiger partial charge on any atom is 0.246 e. The van der Waals surface area contributed by atoms with E-state index in [1.807, 2.05) is 21.9 Å². The van der Waals surface area contributed by atoms with Crippen molar-refractivity contribution < 1.29 is 9.59 Å². The third-order valence-corrected chi connectivity index (χ3v) is 6.30. The Balaban J connectivity index is 1.68. The molecule has 2 fully saturated rings. The van der Waals surface area contributed by atoms with Crippen molar-refractivity contribution in [3.8, 4) is 0 Å². The number of carbonyl (C=O) groups is 2. The number of benzene rings is 1. The highest BCUT2D eigenvalue weighted by molar-refractivity contribution is 5.99. The van der Waals surface area contributed by atoms with Crippen molar-refractivity contribution in [3.63, 3.8) is 0 Å². The van der Waals surface area contributed by atoms with Crippen LogP contribution in [0.5, 0.6) is 0 Å². The van der Waals surface area contributed by atoms with Crippen LogP contribution in [0.3, 0.4) is 0 Å². The predicted molar refractivity (Wildman–Crippen MR) is 99.6 cm³/mol. The molecular formula is C21H25N3O2. The van der Waals surface area contributed by atoms with E-state index in [1.165, 1.54) is 10.9 Å². The summed E-state index contributed by atoms with van der Waals surface area (Å²) >= 11 is 0. The van der Waals surface area contributed by atoms with Crippen molar-refractivity contribution in [2.45, 2.75) is 57.7 Å². The number of rotatable bonds is 2. The molecule has 0 radical (unpaired) electrons. The van der Waals surface area contributed by atoms with E-state index in [9.17, 15) is 9.59 Å². The van der Waals surface area contributed by atoms with Crippen LogP contribution >= 0.6 is 0 Å². The fourth-order valence-corrected chi connectivity index (χ4v) is 5.22. The molecule has 3 aliphatic rings. The molecule has 0 aliphatic carbocycles. The van der Waals surface area contributed by atoms with Crippen LogP contribution in [0.4, 0.5) is 0 Å². The van der Waals surface area contributed by atoms with Crippen LogP contribution in [-0.2, 0) is 16.0 Å². The number of nitrogens with zero attached hydrogens (tertiary/aromatic N) is 2. The summed E-state index contributed by atoms with van der Waals surface area (Å²) < 4.78 is 0. The Morgan fingerprint density at radius 2 is 1.96 bits per heavy atom. The quantitative estimate of drug-likeness (QED) is 0.904. The molecule has 0 bridgehead atoms. The van der Waals surface area contributed by atoms with E-state index in [4.69, 9.17) is 0 Å². The number of hydrogen-bond acceptors (Lipinski definition) is 2. The molecule has 2 saturated heterocycles. The molecule has 0 unspecified atom stereocenters. The summed E-state index contributed by atoms with van der Waals surface area (Å²) in [4.78, 5) is 33.9. The lowest BCUT2D eigenvalue weighted by Gasteiger charge is -2.48. The van der Waals surface area contributed by atoms with Gasteiger partial charge in [0.1, 0.15) is 12.1 Å². The molecule has 1 N–H and O–H groups in total. The summed E-state index contributed by atoms with van der Waals surface area (Å²) in [5.74, 6) is 0.751. The number of aromatic nitrogens is 1. The topological polar surface area (TPSA) is 56.4 Å². The van der Waals surface area contributed by atoms with Crippen molar-refractivity contribution in [3.05, 3.63) is 35.5 Å². The lowest BCUT2D eigenvalue weighted by molar-refractivity contribution is -0.163. The van der Waals surface area contributed by atoms with E-state index in [1.54, 1.807) is 0 Å². The van der Waals surface area contributed by atoms with Crippen LogP contribution in [0.15, 0.2) is 24.3 Å². The predicted octanol–water partition coefficient (Wildman–Crippen LogP) is 3.01.